The quantitative estimate of drug-likeness (QED) is 0.174. The van der Waals surface area contributed by atoms with E-state index in [-0.39, 0.29) is 48.3 Å². The van der Waals surface area contributed by atoms with E-state index in [1.807, 2.05) is 24.3 Å². The second kappa shape index (κ2) is 9.64. The highest BCUT2D eigenvalue weighted by Gasteiger charge is 2.61. The molecule has 0 N–H and O–H groups in total. The highest BCUT2D eigenvalue weighted by atomic mass is 35.5. The predicted molar refractivity (Wildman–Crippen MR) is 160 cm³/mol. The molecule has 2 saturated heterocycles. The molecule has 2 bridgehead atoms. The number of amides is 3. The molecule has 2 heterocycles. The largest absolute Gasteiger partial charge is 0.426 e. The summed E-state index contributed by atoms with van der Waals surface area (Å²) in [6, 6.07) is 29.6. The Bertz CT molecular complexity index is 1740. The van der Waals surface area contributed by atoms with Crippen LogP contribution in [0.4, 0.5) is 11.4 Å². The lowest BCUT2D eigenvalue weighted by atomic mass is 9.55. The SMILES string of the molecule is O=C(Oc1cccc(N2C(=O)[C@@H]3C4c5ccccc5C(c5ccccc54)[C@@H]3C2=O)c1)[C@H]1CC(=O)N(c2ccc(Cl)cc2)C1. The zero-order valence-corrected chi connectivity index (χ0v) is 23.6. The van der Waals surface area contributed by atoms with Crippen molar-refractivity contribution in [2.24, 2.45) is 17.8 Å². The van der Waals surface area contributed by atoms with Crippen LogP contribution in [0.3, 0.4) is 0 Å². The summed E-state index contributed by atoms with van der Waals surface area (Å²) in [7, 11) is 0. The fourth-order valence-electron chi connectivity index (χ4n) is 7.55. The van der Waals surface area contributed by atoms with Gasteiger partial charge in [-0.15, -0.1) is 0 Å². The van der Waals surface area contributed by atoms with Crippen molar-refractivity contribution in [3.05, 3.63) is 124 Å². The maximum absolute atomic E-state index is 14.1. The topological polar surface area (TPSA) is 84.0 Å². The second-order valence-corrected chi connectivity index (χ2v) is 12.0. The predicted octanol–water partition coefficient (Wildman–Crippen LogP) is 5.70. The minimum Gasteiger partial charge on any atom is -0.426 e. The summed E-state index contributed by atoms with van der Waals surface area (Å²) >= 11 is 5.97. The van der Waals surface area contributed by atoms with Crippen molar-refractivity contribution in [2.45, 2.75) is 18.3 Å². The van der Waals surface area contributed by atoms with E-state index in [0.717, 1.165) is 22.3 Å². The number of imide groups is 1. The molecule has 4 aromatic rings. The summed E-state index contributed by atoms with van der Waals surface area (Å²) in [6.07, 6.45) is 0.0253. The number of ether oxygens (including phenoxy) is 1. The molecule has 0 aromatic heterocycles. The normalized spacial score (nSPS) is 25.0. The first-order valence-corrected chi connectivity index (χ1v) is 14.7. The van der Waals surface area contributed by atoms with Crippen LogP contribution in [0.5, 0.6) is 5.75 Å². The number of nitrogens with zero attached hydrogens (tertiary/aromatic N) is 2. The van der Waals surface area contributed by atoms with Crippen LogP contribution in [0.15, 0.2) is 97.1 Å². The number of anilines is 2. The molecule has 0 spiro atoms. The van der Waals surface area contributed by atoms with Gasteiger partial charge in [0.05, 0.1) is 23.4 Å². The van der Waals surface area contributed by atoms with Crippen LogP contribution in [0.1, 0.15) is 40.5 Å². The van der Waals surface area contributed by atoms with E-state index in [1.165, 1.54) is 4.90 Å². The Morgan fingerprint density at radius 3 is 1.81 bits per heavy atom. The van der Waals surface area contributed by atoms with Crippen LogP contribution < -0.4 is 14.5 Å². The van der Waals surface area contributed by atoms with Gasteiger partial charge in [-0.25, -0.2) is 4.90 Å². The minimum atomic E-state index is -0.655. The third-order valence-electron chi connectivity index (χ3n) is 9.34. The second-order valence-electron chi connectivity index (χ2n) is 11.6. The Morgan fingerprint density at radius 1 is 0.698 bits per heavy atom. The van der Waals surface area contributed by atoms with E-state index in [4.69, 9.17) is 16.3 Å². The maximum Gasteiger partial charge on any atom is 0.316 e. The molecule has 9 rings (SSSR count). The van der Waals surface area contributed by atoms with Crippen molar-refractivity contribution in [3.63, 3.8) is 0 Å². The van der Waals surface area contributed by atoms with E-state index < -0.39 is 23.7 Å². The van der Waals surface area contributed by atoms with Crippen molar-refractivity contribution in [1.29, 1.82) is 0 Å². The van der Waals surface area contributed by atoms with E-state index in [0.29, 0.717) is 16.4 Å². The molecule has 43 heavy (non-hydrogen) atoms. The number of carbonyl (C=O) groups excluding carboxylic acids is 4. The Morgan fingerprint density at radius 2 is 1.26 bits per heavy atom. The highest BCUT2D eigenvalue weighted by molar-refractivity contribution is 6.30. The molecule has 212 valence electrons. The maximum atomic E-state index is 14.1. The summed E-state index contributed by atoms with van der Waals surface area (Å²) in [5, 5.41) is 0.558. The first kappa shape index (κ1) is 25.9. The van der Waals surface area contributed by atoms with Crippen molar-refractivity contribution in [3.8, 4) is 5.75 Å². The van der Waals surface area contributed by atoms with Crippen molar-refractivity contribution < 1.29 is 23.9 Å². The number of benzene rings is 4. The molecule has 0 unspecified atom stereocenters. The van der Waals surface area contributed by atoms with E-state index in [9.17, 15) is 19.2 Å². The zero-order valence-electron chi connectivity index (χ0n) is 22.9. The fourth-order valence-corrected chi connectivity index (χ4v) is 7.68. The molecule has 8 heteroatoms. The smallest absolute Gasteiger partial charge is 0.316 e. The average molecular weight is 589 g/mol. The molecule has 7 nitrogen and oxygen atoms in total. The van der Waals surface area contributed by atoms with Gasteiger partial charge in [0.15, 0.2) is 0 Å². The van der Waals surface area contributed by atoms with E-state index >= 15 is 0 Å². The third-order valence-corrected chi connectivity index (χ3v) is 9.59. The number of hydrogen-bond donors (Lipinski definition) is 0. The summed E-state index contributed by atoms with van der Waals surface area (Å²) in [4.78, 5) is 56.8. The van der Waals surface area contributed by atoms with Gasteiger partial charge in [-0.2, -0.15) is 0 Å². The number of carbonyl (C=O) groups is 4. The van der Waals surface area contributed by atoms with Gasteiger partial charge in [0.2, 0.25) is 17.7 Å². The monoisotopic (exact) mass is 588 g/mol. The van der Waals surface area contributed by atoms with Gasteiger partial charge in [0, 0.05) is 41.6 Å². The summed E-state index contributed by atoms with van der Waals surface area (Å²) in [5.74, 6) is -3.04. The number of hydrogen-bond acceptors (Lipinski definition) is 5. The van der Waals surface area contributed by atoms with E-state index in [2.05, 4.69) is 24.3 Å². The Kier molecular flexibility index (Phi) is 5.81. The Balaban J connectivity index is 1.06. The van der Waals surface area contributed by atoms with Gasteiger partial charge in [-0.3, -0.25) is 19.2 Å². The molecule has 2 fully saturated rings. The molecular weight excluding hydrogens is 564 g/mol. The van der Waals surface area contributed by atoms with Crippen LogP contribution in [0.25, 0.3) is 0 Å². The van der Waals surface area contributed by atoms with Crippen molar-refractivity contribution >= 4 is 46.7 Å². The number of rotatable bonds is 4. The first-order valence-electron chi connectivity index (χ1n) is 14.3. The molecule has 0 saturated carbocycles. The molecular formula is C35H25ClN2O5. The lowest BCUT2D eigenvalue weighted by Gasteiger charge is -2.45. The van der Waals surface area contributed by atoms with Gasteiger partial charge in [-0.05, 0) is 58.7 Å². The first-order chi connectivity index (χ1) is 20.9. The van der Waals surface area contributed by atoms with Gasteiger partial charge in [0.25, 0.3) is 0 Å². The van der Waals surface area contributed by atoms with E-state index in [1.54, 1.807) is 53.4 Å². The van der Waals surface area contributed by atoms with Crippen LogP contribution in [-0.2, 0) is 19.2 Å². The fraction of sp³-hybridized carbons (Fsp3) is 0.200. The molecule has 3 amide bonds. The van der Waals surface area contributed by atoms with Gasteiger partial charge < -0.3 is 9.64 Å². The van der Waals surface area contributed by atoms with Gasteiger partial charge >= 0.3 is 5.97 Å². The summed E-state index contributed by atoms with van der Waals surface area (Å²) in [5.41, 5.74) is 5.47. The minimum absolute atomic E-state index is 0.0253. The molecule has 5 aliphatic rings. The summed E-state index contributed by atoms with van der Waals surface area (Å²) < 4.78 is 5.71. The third kappa shape index (κ3) is 3.88. The standard InChI is InChI=1S/C35H25ClN2O5/c36-20-12-14-21(15-13-20)37-18-19(16-28(37)39)35(42)43-23-7-5-6-22(17-23)38-33(40)31-29-24-8-1-2-9-25(24)30(32(31)34(38)41)27-11-4-3-10-26(27)29/h1-15,17,19,29-32H,16,18H2/t19-,29?,30?,31-,32+/m0/s1. The van der Waals surface area contributed by atoms with Crippen molar-refractivity contribution in [2.75, 3.05) is 16.3 Å². The molecule has 3 aliphatic carbocycles. The Hall–Kier alpha value is -4.75. The van der Waals surface area contributed by atoms with Crippen LogP contribution in [0, 0.1) is 17.8 Å². The highest BCUT2D eigenvalue weighted by Crippen LogP contribution is 2.61. The average Bonchev–Trinajstić information content (AvgIpc) is 3.54. The summed E-state index contributed by atoms with van der Waals surface area (Å²) in [6.45, 7) is 0.190. The lowest BCUT2D eigenvalue weighted by molar-refractivity contribution is -0.139. The number of halogens is 1. The molecule has 4 aromatic carbocycles. The van der Waals surface area contributed by atoms with Gasteiger partial charge in [0.1, 0.15) is 5.75 Å². The van der Waals surface area contributed by atoms with Crippen LogP contribution in [0.2, 0.25) is 5.02 Å². The van der Waals surface area contributed by atoms with Crippen LogP contribution in [-0.4, -0.2) is 30.2 Å². The van der Waals surface area contributed by atoms with Crippen molar-refractivity contribution in [1.82, 2.24) is 0 Å². The lowest BCUT2D eigenvalue weighted by Crippen LogP contribution is -2.41. The Labute approximate surface area is 252 Å². The molecule has 3 atom stereocenters. The zero-order chi connectivity index (χ0) is 29.4. The van der Waals surface area contributed by atoms with Crippen LogP contribution >= 0.6 is 11.6 Å². The molecule has 2 aliphatic heterocycles. The van der Waals surface area contributed by atoms with Gasteiger partial charge in [-0.1, -0.05) is 66.2 Å². The number of esters is 1. The molecule has 0 radical (unpaired) electrons.